The van der Waals surface area contributed by atoms with E-state index in [1.165, 1.54) is 6.26 Å². The van der Waals surface area contributed by atoms with Crippen molar-refractivity contribution in [1.82, 2.24) is 0 Å². The van der Waals surface area contributed by atoms with Gasteiger partial charge in [-0.2, -0.15) is 0 Å². The number of para-hydroxylation sites is 1. The lowest BCUT2D eigenvalue weighted by Crippen LogP contribution is -2.16. The molecule has 0 amide bonds. The molecular formula is C19H24ClNO4S. The Balaban J connectivity index is 2.44. The maximum Gasteiger partial charge on any atom is 0.161 e. The fourth-order valence-corrected chi connectivity index (χ4v) is 4.11. The van der Waals surface area contributed by atoms with Gasteiger partial charge in [-0.1, -0.05) is 29.8 Å². The van der Waals surface area contributed by atoms with E-state index in [1.54, 1.807) is 19.2 Å². The van der Waals surface area contributed by atoms with E-state index in [0.29, 0.717) is 35.2 Å². The van der Waals surface area contributed by atoms with Gasteiger partial charge in [-0.3, -0.25) is 0 Å². The van der Waals surface area contributed by atoms with Crippen LogP contribution in [0.4, 0.5) is 5.69 Å². The molecule has 1 atom stereocenters. The Bertz CT molecular complexity index is 868. The highest BCUT2D eigenvalue weighted by Gasteiger charge is 2.21. The topological polar surface area (TPSA) is 78.6 Å². The second kappa shape index (κ2) is 8.64. The summed E-state index contributed by atoms with van der Waals surface area (Å²) in [6, 6.07) is 10.9. The lowest BCUT2D eigenvalue weighted by atomic mass is 9.92. The first-order valence-electron chi connectivity index (χ1n) is 8.26. The van der Waals surface area contributed by atoms with Crippen LogP contribution in [0.25, 0.3) is 0 Å². The summed E-state index contributed by atoms with van der Waals surface area (Å²) in [5, 5.41) is 0.463. The molecule has 0 radical (unpaired) electrons. The van der Waals surface area contributed by atoms with Gasteiger partial charge in [0, 0.05) is 12.2 Å². The van der Waals surface area contributed by atoms with Gasteiger partial charge in [0.2, 0.25) is 0 Å². The summed E-state index contributed by atoms with van der Waals surface area (Å²) in [7, 11) is -1.63. The first-order chi connectivity index (χ1) is 12.2. The summed E-state index contributed by atoms with van der Waals surface area (Å²) >= 11 is 6.10. The zero-order valence-electron chi connectivity index (χ0n) is 15.2. The minimum absolute atomic E-state index is 0.00313. The molecule has 2 N–H and O–H groups in total. The van der Waals surface area contributed by atoms with Gasteiger partial charge in [-0.15, -0.1) is 0 Å². The van der Waals surface area contributed by atoms with Crippen molar-refractivity contribution in [2.24, 2.45) is 0 Å². The Morgan fingerprint density at radius 2 is 1.92 bits per heavy atom. The lowest BCUT2D eigenvalue weighted by Gasteiger charge is -2.20. The normalized spacial score (nSPS) is 12.6. The number of rotatable bonds is 8. The van der Waals surface area contributed by atoms with Crippen molar-refractivity contribution in [3.8, 4) is 11.5 Å². The van der Waals surface area contributed by atoms with Gasteiger partial charge in [0.1, 0.15) is 9.84 Å². The first kappa shape index (κ1) is 20.4. The molecule has 142 valence electrons. The number of halogens is 1. The second-order valence-electron chi connectivity index (χ2n) is 6.15. The smallest absolute Gasteiger partial charge is 0.161 e. The molecule has 5 nitrogen and oxygen atoms in total. The molecule has 0 bridgehead atoms. The molecule has 0 unspecified atom stereocenters. The van der Waals surface area contributed by atoms with Gasteiger partial charge >= 0.3 is 0 Å². The van der Waals surface area contributed by atoms with E-state index in [4.69, 9.17) is 26.8 Å². The fourth-order valence-electron chi connectivity index (χ4n) is 2.88. The molecule has 2 aromatic carbocycles. The highest BCUT2D eigenvalue weighted by molar-refractivity contribution is 7.90. The van der Waals surface area contributed by atoms with Gasteiger partial charge in [-0.25, -0.2) is 8.42 Å². The summed E-state index contributed by atoms with van der Waals surface area (Å²) < 4.78 is 34.9. The number of hydrogen-bond acceptors (Lipinski definition) is 5. The number of nitrogens with two attached hydrogens (primary N) is 1. The first-order valence-corrected chi connectivity index (χ1v) is 10.7. The van der Waals surface area contributed by atoms with Crippen molar-refractivity contribution >= 4 is 27.1 Å². The van der Waals surface area contributed by atoms with Gasteiger partial charge < -0.3 is 15.2 Å². The summed E-state index contributed by atoms with van der Waals surface area (Å²) in [5.74, 6) is 0.911. The molecule has 0 aromatic heterocycles. The SMILES string of the molecule is CCOc1cc([C@H](Cc2cccc(Cl)c2N)CS(C)(=O)=O)ccc1OC. The molecule has 0 fully saturated rings. The number of sulfone groups is 1. The van der Waals surface area contributed by atoms with Crippen LogP contribution < -0.4 is 15.2 Å². The van der Waals surface area contributed by atoms with Crippen LogP contribution in [0, 0.1) is 0 Å². The fraction of sp³-hybridized carbons (Fsp3) is 0.368. The van der Waals surface area contributed by atoms with Crippen LogP contribution in [-0.4, -0.2) is 34.1 Å². The van der Waals surface area contributed by atoms with Gasteiger partial charge in [0.15, 0.2) is 11.5 Å². The number of methoxy groups -OCH3 is 1. The Kier molecular flexibility index (Phi) is 6.78. The third-order valence-electron chi connectivity index (χ3n) is 4.07. The minimum Gasteiger partial charge on any atom is -0.493 e. The van der Waals surface area contributed by atoms with E-state index in [9.17, 15) is 8.42 Å². The Hall–Kier alpha value is -1.92. The molecule has 0 saturated carbocycles. The Morgan fingerprint density at radius 3 is 2.54 bits per heavy atom. The molecule has 2 aromatic rings. The summed E-state index contributed by atoms with van der Waals surface area (Å²) in [4.78, 5) is 0. The molecule has 0 saturated heterocycles. The molecule has 7 heteroatoms. The third kappa shape index (κ3) is 5.29. The number of ether oxygens (including phenoxy) is 2. The third-order valence-corrected chi connectivity index (χ3v) is 5.41. The maximum absolute atomic E-state index is 12.0. The number of nitrogen functional groups attached to an aromatic ring is 1. The van der Waals surface area contributed by atoms with Crippen LogP contribution in [0.1, 0.15) is 24.0 Å². The summed E-state index contributed by atoms with van der Waals surface area (Å²) in [6.07, 6.45) is 1.69. The van der Waals surface area contributed by atoms with Gasteiger partial charge in [0.05, 0.1) is 30.2 Å². The van der Waals surface area contributed by atoms with E-state index >= 15 is 0 Å². The molecule has 2 rings (SSSR count). The van der Waals surface area contributed by atoms with Crippen molar-refractivity contribution in [3.05, 3.63) is 52.5 Å². The van der Waals surface area contributed by atoms with E-state index in [2.05, 4.69) is 0 Å². The molecule has 0 spiro atoms. The monoisotopic (exact) mass is 397 g/mol. The van der Waals surface area contributed by atoms with Crippen LogP contribution in [-0.2, 0) is 16.3 Å². The summed E-state index contributed by atoms with van der Waals surface area (Å²) in [5.41, 5.74) is 8.21. The molecule has 0 heterocycles. The summed E-state index contributed by atoms with van der Waals surface area (Å²) in [6.45, 7) is 2.37. The van der Waals surface area contributed by atoms with E-state index in [1.807, 2.05) is 31.2 Å². The predicted octanol–water partition coefficient (Wildman–Crippen LogP) is 3.70. The average Bonchev–Trinajstić information content (AvgIpc) is 2.57. The molecular weight excluding hydrogens is 374 g/mol. The van der Waals surface area contributed by atoms with Crippen LogP contribution in [0.2, 0.25) is 5.02 Å². The Labute approximate surface area is 160 Å². The zero-order chi connectivity index (χ0) is 19.3. The van der Waals surface area contributed by atoms with E-state index < -0.39 is 9.84 Å². The minimum atomic E-state index is -3.20. The van der Waals surface area contributed by atoms with Gasteiger partial charge in [-0.05, 0) is 42.7 Å². The maximum atomic E-state index is 12.0. The second-order valence-corrected chi connectivity index (χ2v) is 8.74. The molecule has 0 aliphatic rings. The van der Waals surface area contributed by atoms with E-state index in [0.717, 1.165) is 11.1 Å². The Morgan fingerprint density at radius 1 is 1.19 bits per heavy atom. The van der Waals surface area contributed by atoms with Gasteiger partial charge in [0.25, 0.3) is 0 Å². The van der Waals surface area contributed by atoms with Crippen LogP contribution in [0.5, 0.6) is 11.5 Å². The zero-order valence-corrected chi connectivity index (χ0v) is 16.7. The van der Waals surface area contributed by atoms with Crippen LogP contribution >= 0.6 is 11.6 Å². The van der Waals surface area contributed by atoms with Crippen molar-refractivity contribution in [3.63, 3.8) is 0 Å². The van der Waals surface area contributed by atoms with Crippen molar-refractivity contribution in [2.45, 2.75) is 19.3 Å². The highest BCUT2D eigenvalue weighted by Crippen LogP contribution is 2.34. The van der Waals surface area contributed by atoms with Crippen molar-refractivity contribution in [1.29, 1.82) is 0 Å². The predicted molar refractivity (Wildman–Crippen MR) is 106 cm³/mol. The quantitative estimate of drug-likeness (QED) is 0.687. The molecule has 0 aliphatic carbocycles. The number of anilines is 1. The average molecular weight is 398 g/mol. The van der Waals surface area contributed by atoms with Crippen LogP contribution in [0.3, 0.4) is 0 Å². The van der Waals surface area contributed by atoms with Crippen LogP contribution in [0.15, 0.2) is 36.4 Å². The molecule has 0 aliphatic heterocycles. The molecule has 26 heavy (non-hydrogen) atoms. The number of benzene rings is 2. The number of hydrogen-bond donors (Lipinski definition) is 1. The standard InChI is InChI=1S/C19H24ClNO4S/c1-4-25-18-11-13(8-9-17(18)24-2)15(12-26(3,22)23)10-14-6-5-7-16(20)19(14)21/h5-9,11,15H,4,10,12,21H2,1-3H3/t15-/m1/s1. The van der Waals surface area contributed by atoms with Crippen molar-refractivity contribution in [2.75, 3.05) is 31.5 Å². The van der Waals surface area contributed by atoms with Crippen molar-refractivity contribution < 1.29 is 17.9 Å². The van der Waals surface area contributed by atoms with E-state index in [-0.39, 0.29) is 11.7 Å². The largest absolute Gasteiger partial charge is 0.493 e. The highest BCUT2D eigenvalue weighted by atomic mass is 35.5. The lowest BCUT2D eigenvalue weighted by molar-refractivity contribution is 0.310.